The monoisotopic (exact) mass is 305 g/mol. The SMILES string of the molecule is CC.CC.CC1=CCC(CCCCOc2ccccc2)=NO1. The zero-order valence-electron chi connectivity index (χ0n) is 14.8. The highest BCUT2D eigenvalue weighted by Gasteiger charge is 2.05. The Hall–Kier alpha value is -1.77. The Morgan fingerprint density at radius 1 is 1.05 bits per heavy atom. The summed E-state index contributed by atoms with van der Waals surface area (Å²) in [5.41, 5.74) is 1.13. The van der Waals surface area contributed by atoms with Gasteiger partial charge in [-0.05, 0) is 44.4 Å². The molecule has 1 aliphatic heterocycles. The van der Waals surface area contributed by atoms with Crippen LogP contribution >= 0.6 is 0 Å². The van der Waals surface area contributed by atoms with Gasteiger partial charge in [0.15, 0.2) is 0 Å². The fourth-order valence-corrected chi connectivity index (χ4v) is 1.76. The van der Waals surface area contributed by atoms with Crippen LogP contribution in [0.25, 0.3) is 0 Å². The van der Waals surface area contributed by atoms with Gasteiger partial charge in [0.1, 0.15) is 11.5 Å². The van der Waals surface area contributed by atoms with Crippen molar-refractivity contribution < 1.29 is 9.57 Å². The second-order valence-electron chi connectivity index (χ2n) is 4.39. The molecule has 1 aliphatic rings. The molecule has 3 heteroatoms. The first-order chi connectivity index (χ1) is 10.8. The van der Waals surface area contributed by atoms with Gasteiger partial charge < -0.3 is 9.57 Å². The van der Waals surface area contributed by atoms with Crippen molar-refractivity contribution in [2.45, 2.75) is 60.3 Å². The molecule has 124 valence electrons. The molecule has 0 saturated carbocycles. The van der Waals surface area contributed by atoms with Crippen LogP contribution in [0, 0.1) is 0 Å². The molecule has 0 atom stereocenters. The van der Waals surface area contributed by atoms with Crippen molar-refractivity contribution in [3.63, 3.8) is 0 Å². The van der Waals surface area contributed by atoms with Crippen LogP contribution in [0.15, 0.2) is 47.3 Å². The highest BCUT2D eigenvalue weighted by atomic mass is 16.6. The number of benzene rings is 1. The van der Waals surface area contributed by atoms with Crippen LogP contribution in [-0.4, -0.2) is 12.3 Å². The van der Waals surface area contributed by atoms with Crippen molar-refractivity contribution in [2.24, 2.45) is 5.16 Å². The maximum Gasteiger partial charge on any atom is 0.128 e. The molecule has 1 heterocycles. The van der Waals surface area contributed by atoms with E-state index in [1.807, 2.05) is 65.0 Å². The normalized spacial score (nSPS) is 12.4. The van der Waals surface area contributed by atoms with Crippen molar-refractivity contribution in [1.82, 2.24) is 0 Å². The summed E-state index contributed by atoms with van der Waals surface area (Å²) in [4.78, 5) is 5.13. The summed E-state index contributed by atoms with van der Waals surface area (Å²) >= 11 is 0. The molecule has 2 rings (SSSR count). The first kappa shape index (κ1) is 20.2. The fourth-order valence-electron chi connectivity index (χ4n) is 1.76. The summed E-state index contributed by atoms with van der Waals surface area (Å²) < 4.78 is 5.63. The number of rotatable bonds is 6. The van der Waals surface area contributed by atoms with E-state index in [1.165, 1.54) is 0 Å². The molecule has 0 radical (unpaired) electrons. The Morgan fingerprint density at radius 2 is 1.73 bits per heavy atom. The van der Waals surface area contributed by atoms with E-state index in [4.69, 9.17) is 9.57 Å². The predicted molar refractivity (Wildman–Crippen MR) is 95.4 cm³/mol. The van der Waals surface area contributed by atoms with Gasteiger partial charge in [-0.15, -0.1) is 0 Å². The standard InChI is InChI=1S/C15H19NO2.2C2H6/c1-13-10-11-14(16-18-13)7-5-6-12-17-15-8-3-2-4-9-15;2*1-2/h2-4,8-10H,5-7,11-12H2,1H3;2*1-2H3. The average molecular weight is 305 g/mol. The zero-order valence-corrected chi connectivity index (χ0v) is 14.8. The highest BCUT2D eigenvalue weighted by molar-refractivity contribution is 5.85. The van der Waals surface area contributed by atoms with E-state index in [0.29, 0.717) is 0 Å². The lowest BCUT2D eigenvalue weighted by Crippen LogP contribution is -2.04. The van der Waals surface area contributed by atoms with E-state index < -0.39 is 0 Å². The number of hydrogen-bond donors (Lipinski definition) is 0. The molecule has 0 spiro atoms. The molecule has 0 unspecified atom stereocenters. The first-order valence-corrected chi connectivity index (χ1v) is 8.42. The third-order valence-electron chi connectivity index (χ3n) is 2.82. The number of para-hydroxylation sites is 1. The maximum atomic E-state index is 5.63. The number of hydrogen-bond acceptors (Lipinski definition) is 3. The predicted octanol–water partition coefficient (Wildman–Crippen LogP) is 5.97. The molecule has 22 heavy (non-hydrogen) atoms. The third kappa shape index (κ3) is 9.22. The fraction of sp³-hybridized carbons (Fsp3) is 0.526. The Morgan fingerprint density at radius 3 is 2.32 bits per heavy atom. The number of oxime groups is 1. The minimum absolute atomic E-state index is 0.757. The summed E-state index contributed by atoms with van der Waals surface area (Å²) in [6.07, 6.45) is 6.11. The van der Waals surface area contributed by atoms with Crippen LogP contribution in [0.2, 0.25) is 0 Å². The van der Waals surface area contributed by atoms with Gasteiger partial charge in [-0.3, -0.25) is 0 Å². The minimum Gasteiger partial charge on any atom is -0.494 e. The summed E-state index contributed by atoms with van der Waals surface area (Å²) in [7, 11) is 0. The molecule has 1 aromatic carbocycles. The van der Waals surface area contributed by atoms with Crippen molar-refractivity contribution in [1.29, 1.82) is 0 Å². The molecule has 0 fully saturated rings. The number of ether oxygens (including phenoxy) is 1. The van der Waals surface area contributed by atoms with Crippen LogP contribution in [0.3, 0.4) is 0 Å². The molecule has 0 saturated heterocycles. The van der Waals surface area contributed by atoms with Crippen molar-refractivity contribution >= 4 is 5.71 Å². The van der Waals surface area contributed by atoms with Gasteiger partial charge in [-0.2, -0.15) is 0 Å². The van der Waals surface area contributed by atoms with Crippen LogP contribution in [0.1, 0.15) is 60.3 Å². The van der Waals surface area contributed by atoms with Crippen molar-refractivity contribution in [3.8, 4) is 5.75 Å². The molecule has 3 nitrogen and oxygen atoms in total. The van der Waals surface area contributed by atoms with E-state index in [0.717, 1.165) is 49.5 Å². The topological polar surface area (TPSA) is 30.8 Å². The lowest BCUT2D eigenvalue weighted by atomic mass is 10.1. The van der Waals surface area contributed by atoms with Crippen molar-refractivity contribution in [2.75, 3.05) is 6.61 Å². The van der Waals surface area contributed by atoms with Gasteiger partial charge in [0.25, 0.3) is 0 Å². The molecular formula is C19H31NO2. The van der Waals surface area contributed by atoms with E-state index >= 15 is 0 Å². The first-order valence-electron chi connectivity index (χ1n) is 8.42. The maximum absolute atomic E-state index is 5.63. The Balaban J connectivity index is 0.00000102. The van der Waals surface area contributed by atoms with Crippen LogP contribution in [0.5, 0.6) is 5.75 Å². The van der Waals surface area contributed by atoms with Crippen LogP contribution in [-0.2, 0) is 4.84 Å². The number of unbranched alkanes of at least 4 members (excludes halogenated alkanes) is 1. The van der Waals surface area contributed by atoms with E-state index in [1.54, 1.807) is 0 Å². The van der Waals surface area contributed by atoms with Gasteiger partial charge >= 0.3 is 0 Å². The van der Waals surface area contributed by atoms with Crippen molar-refractivity contribution in [3.05, 3.63) is 42.2 Å². The molecule has 0 aliphatic carbocycles. The van der Waals surface area contributed by atoms with E-state index in [9.17, 15) is 0 Å². The van der Waals surface area contributed by atoms with Gasteiger partial charge in [0.2, 0.25) is 0 Å². The lowest BCUT2D eigenvalue weighted by molar-refractivity contribution is 0.221. The molecule has 1 aromatic rings. The second-order valence-corrected chi connectivity index (χ2v) is 4.39. The van der Waals surface area contributed by atoms with Gasteiger partial charge in [-0.25, -0.2) is 0 Å². The average Bonchev–Trinajstić information content (AvgIpc) is 2.61. The summed E-state index contributed by atoms with van der Waals surface area (Å²) in [5.74, 6) is 1.83. The highest BCUT2D eigenvalue weighted by Crippen LogP contribution is 2.13. The van der Waals surface area contributed by atoms with Gasteiger partial charge in [-0.1, -0.05) is 51.0 Å². The molecule has 0 amide bonds. The Labute approximate surface area is 136 Å². The van der Waals surface area contributed by atoms with Crippen LogP contribution < -0.4 is 4.74 Å². The molecular weight excluding hydrogens is 274 g/mol. The van der Waals surface area contributed by atoms with Gasteiger partial charge in [0, 0.05) is 6.42 Å². The summed E-state index contributed by atoms with van der Waals surface area (Å²) in [6, 6.07) is 9.92. The zero-order chi connectivity index (χ0) is 16.6. The van der Waals surface area contributed by atoms with E-state index in [-0.39, 0.29) is 0 Å². The largest absolute Gasteiger partial charge is 0.494 e. The van der Waals surface area contributed by atoms with E-state index in [2.05, 4.69) is 11.2 Å². The third-order valence-corrected chi connectivity index (χ3v) is 2.82. The molecule has 0 bridgehead atoms. The Kier molecular flexibility index (Phi) is 13.0. The summed E-state index contributed by atoms with van der Waals surface area (Å²) in [6.45, 7) is 10.7. The van der Waals surface area contributed by atoms with Gasteiger partial charge in [0.05, 0.1) is 12.3 Å². The van der Waals surface area contributed by atoms with Crippen LogP contribution in [0.4, 0.5) is 0 Å². The Bertz CT molecular complexity index is 424. The number of allylic oxidation sites excluding steroid dienone is 2. The molecule has 0 N–H and O–H groups in total. The smallest absolute Gasteiger partial charge is 0.128 e. The second kappa shape index (κ2) is 14.2. The quantitative estimate of drug-likeness (QED) is 0.606. The lowest BCUT2D eigenvalue weighted by Gasteiger charge is -2.10. The molecule has 0 aromatic heterocycles. The minimum atomic E-state index is 0.757. The number of nitrogens with zero attached hydrogens (tertiary/aromatic N) is 1. The summed E-state index contributed by atoms with van der Waals surface area (Å²) in [5, 5.41) is 4.07.